The highest BCUT2D eigenvalue weighted by atomic mass is 19.3. The number of imidazole rings is 1. The molecule has 0 bridgehead atoms. The van der Waals surface area contributed by atoms with Crippen molar-refractivity contribution in [2.45, 2.75) is 18.8 Å². The van der Waals surface area contributed by atoms with Crippen LogP contribution in [0.2, 0.25) is 0 Å². The van der Waals surface area contributed by atoms with E-state index in [0.717, 1.165) is 5.56 Å². The Balaban J connectivity index is 1.65. The minimum atomic E-state index is -2.98. The Labute approximate surface area is 180 Å². The maximum atomic E-state index is 14.8. The zero-order valence-corrected chi connectivity index (χ0v) is 16.9. The summed E-state index contributed by atoms with van der Waals surface area (Å²) in [5, 5.41) is 7.73. The van der Waals surface area contributed by atoms with Gasteiger partial charge in [0.15, 0.2) is 11.8 Å². The van der Waals surface area contributed by atoms with Crippen molar-refractivity contribution >= 4 is 5.65 Å². The number of rotatable bonds is 5. The average Bonchev–Trinajstić information content (AvgIpc) is 3.19. The van der Waals surface area contributed by atoms with E-state index in [4.69, 9.17) is 9.47 Å². The number of benzene rings is 1. The highest BCUT2D eigenvalue weighted by molar-refractivity contribution is 5.60. The molecule has 0 saturated heterocycles. The van der Waals surface area contributed by atoms with Gasteiger partial charge in [-0.15, -0.1) is 0 Å². The van der Waals surface area contributed by atoms with E-state index in [1.807, 2.05) is 6.07 Å². The number of hydrogen-bond acceptors (Lipinski definition) is 6. The molecular formula is C22H18F3N5O2. The fourth-order valence-corrected chi connectivity index (χ4v) is 3.87. The van der Waals surface area contributed by atoms with Crippen molar-refractivity contribution in [2.24, 2.45) is 0 Å². The first-order chi connectivity index (χ1) is 15.5. The van der Waals surface area contributed by atoms with Crippen molar-refractivity contribution < 1.29 is 22.6 Å². The van der Waals surface area contributed by atoms with Gasteiger partial charge < -0.3 is 14.8 Å². The Morgan fingerprint density at radius 3 is 2.72 bits per heavy atom. The number of methoxy groups -OCH3 is 1. The van der Waals surface area contributed by atoms with Crippen LogP contribution in [0.1, 0.15) is 29.2 Å². The minimum Gasteiger partial charge on any atom is -0.481 e. The molecule has 1 aliphatic rings. The molecule has 10 heteroatoms. The van der Waals surface area contributed by atoms with E-state index >= 15 is 0 Å². The van der Waals surface area contributed by atoms with Crippen LogP contribution in [0.4, 0.5) is 13.2 Å². The summed E-state index contributed by atoms with van der Waals surface area (Å²) in [6, 6.07) is 12.8. The highest BCUT2D eigenvalue weighted by Gasteiger charge is 2.35. The van der Waals surface area contributed by atoms with Gasteiger partial charge in [-0.1, -0.05) is 18.2 Å². The molecular weight excluding hydrogens is 423 g/mol. The smallest absolute Gasteiger partial charge is 0.387 e. The third-order valence-corrected chi connectivity index (χ3v) is 5.30. The van der Waals surface area contributed by atoms with Crippen LogP contribution in [0.3, 0.4) is 0 Å². The van der Waals surface area contributed by atoms with E-state index in [2.05, 4.69) is 20.4 Å². The largest absolute Gasteiger partial charge is 0.481 e. The lowest BCUT2D eigenvalue weighted by Crippen LogP contribution is -2.33. The van der Waals surface area contributed by atoms with Gasteiger partial charge in [0.2, 0.25) is 5.88 Å². The van der Waals surface area contributed by atoms with Crippen LogP contribution in [0, 0.1) is 0 Å². The fraction of sp³-hybridized carbons (Fsp3) is 0.227. The zero-order chi connectivity index (χ0) is 22.2. The quantitative estimate of drug-likeness (QED) is 0.503. The lowest BCUT2D eigenvalue weighted by atomic mass is 9.96. The molecule has 0 spiro atoms. The predicted molar refractivity (Wildman–Crippen MR) is 110 cm³/mol. The molecule has 5 rings (SSSR count). The second-order valence-electron chi connectivity index (χ2n) is 7.19. The minimum absolute atomic E-state index is 0.00807. The average molecular weight is 441 g/mol. The molecule has 3 aromatic heterocycles. The number of alkyl halides is 3. The number of nitrogens with zero attached hydrogens (tertiary/aromatic N) is 4. The summed E-state index contributed by atoms with van der Waals surface area (Å²) < 4.78 is 52.0. The van der Waals surface area contributed by atoms with Crippen molar-refractivity contribution in [3.8, 4) is 22.9 Å². The van der Waals surface area contributed by atoms with Crippen LogP contribution in [0.25, 0.3) is 16.9 Å². The van der Waals surface area contributed by atoms with Gasteiger partial charge in [0, 0.05) is 29.9 Å². The van der Waals surface area contributed by atoms with Crippen LogP contribution >= 0.6 is 0 Å². The number of ether oxygens (including phenoxy) is 2. The van der Waals surface area contributed by atoms with Gasteiger partial charge in [0.25, 0.3) is 0 Å². The summed E-state index contributed by atoms with van der Waals surface area (Å²) in [4.78, 5) is 8.62. The summed E-state index contributed by atoms with van der Waals surface area (Å²) in [5.74, 6) is 0.476. The summed E-state index contributed by atoms with van der Waals surface area (Å²) in [6.45, 7) is -3.00. The first kappa shape index (κ1) is 20.3. The second-order valence-corrected chi connectivity index (χ2v) is 7.19. The molecule has 4 heterocycles. The van der Waals surface area contributed by atoms with Crippen molar-refractivity contribution in [3.63, 3.8) is 0 Å². The second kappa shape index (κ2) is 8.12. The first-order valence-corrected chi connectivity index (χ1v) is 9.86. The molecule has 2 atom stereocenters. The van der Waals surface area contributed by atoms with Gasteiger partial charge in [-0.05, 0) is 24.3 Å². The number of halogens is 3. The number of para-hydroxylation sites is 1. The van der Waals surface area contributed by atoms with Crippen molar-refractivity contribution in [1.29, 1.82) is 0 Å². The molecule has 164 valence electrons. The van der Waals surface area contributed by atoms with Gasteiger partial charge in [-0.3, -0.25) is 0 Å². The Morgan fingerprint density at radius 2 is 1.97 bits per heavy atom. The third-order valence-electron chi connectivity index (χ3n) is 5.30. The SMILES string of the molecule is COc1ccc(-c2ccc3nc4c(n3n2)[C@H](c2ccccc2OC(F)F)NC[C@@H]4F)cn1. The van der Waals surface area contributed by atoms with Gasteiger partial charge in [0.05, 0.1) is 24.5 Å². The Morgan fingerprint density at radius 1 is 1.12 bits per heavy atom. The van der Waals surface area contributed by atoms with E-state index in [9.17, 15) is 13.2 Å². The number of aromatic nitrogens is 4. The van der Waals surface area contributed by atoms with Crippen LogP contribution in [-0.4, -0.2) is 39.8 Å². The normalized spacial score (nSPS) is 18.0. The summed E-state index contributed by atoms with van der Waals surface area (Å²) in [5.41, 5.74) is 2.87. The fourth-order valence-electron chi connectivity index (χ4n) is 3.87. The van der Waals surface area contributed by atoms with Gasteiger partial charge in [-0.25, -0.2) is 18.9 Å². The Kier molecular flexibility index (Phi) is 5.14. The summed E-state index contributed by atoms with van der Waals surface area (Å²) in [7, 11) is 1.53. The monoisotopic (exact) mass is 441 g/mol. The van der Waals surface area contributed by atoms with Gasteiger partial charge in [-0.2, -0.15) is 13.9 Å². The number of nitrogens with one attached hydrogen (secondary N) is 1. The lowest BCUT2D eigenvalue weighted by molar-refractivity contribution is -0.0506. The van der Waals surface area contributed by atoms with Crippen LogP contribution in [-0.2, 0) is 0 Å². The number of hydrogen-bond donors (Lipinski definition) is 1. The van der Waals surface area contributed by atoms with E-state index in [0.29, 0.717) is 28.5 Å². The topological polar surface area (TPSA) is 73.6 Å². The van der Waals surface area contributed by atoms with Gasteiger partial charge >= 0.3 is 6.61 Å². The first-order valence-electron chi connectivity index (χ1n) is 9.86. The van der Waals surface area contributed by atoms with Crippen molar-refractivity contribution in [1.82, 2.24) is 24.9 Å². The maximum Gasteiger partial charge on any atom is 0.387 e. The summed E-state index contributed by atoms with van der Waals surface area (Å²) >= 11 is 0. The molecule has 1 aliphatic heterocycles. The zero-order valence-electron chi connectivity index (χ0n) is 16.9. The molecule has 0 radical (unpaired) electrons. The molecule has 1 aromatic carbocycles. The molecule has 0 fully saturated rings. The number of fused-ring (bicyclic) bond motifs is 3. The van der Waals surface area contributed by atoms with E-state index in [1.165, 1.54) is 17.7 Å². The van der Waals surface area contributed by atoms with Crippen molar-refractivity contribution in [2.75, 3.05) is 13.7 Å². The van der Waals surface area contributed by atoms with Crippen LogP contribution in [0.5, 0.6) is 11.6 Å². The molecule has 32 heavy (non-hydrogen) atoms. The molecule has 0 unspecified atom stereocenters. The molecule has 0 aliphatic carbocycles. The number of pyridine rings is 1. The molecule has 0 amide bonds. The van der Waals surface area contributed by atoms with Gasteiger partial charge in [0.1, 0.15) is 11.4 Å². The Hall–Kier alpha value is -3.66. The standard InChI is InChI=1S/C22H18F3N5O2/c1-31-18-9-6-12(10-26-18)15-7-8-17-28-20-14(23)11-27-19(21(20)30(17)29-15)13-4-2-3-5-16(13)32-22(24)25/h2-10,14,19,22,27H,11H2,1H3/t14-,19-/m0/s1. The molecule has 1 N–H and O–H groups in total. The van der Waals surface area contributed by atoms with Crippen molar-refractivity contribution in [3.05, 3.63) is 71.7 Å². The Bertz CT molecular complexity index is 1260. The van der Waals surface area contributed by atoms with Crippen LogP contribution < -0.4 is 14.8 Å². The van der Waals surface area contributed by atoms with Crippen LogP contribution in [0.15, 0.2) is 54.7 Å². The predicted octanol–water partition coefficient (Wildman–Crippen LogP) is 4.10. The van der Waals surface area contributed by atoms with E-state index < -0.39 is 18.8 Å². The highest BCUT2D eigenvalue weighted by Crippen LogP contribution is 2.38. The third kappa shape index (κ3) is 3.52. The van der Waals surface area contributed by atoms with E-state index in [-0.39, 0.29) is 18.0 Å². The maximum absolute atomic E-state index is 14.8. The molecule has 7 nitrogen and oxygen atoms in total. The lowest BCUT2D eigenvalue weighted by Gasteiger charge is -2.27. The summed E-state index contributed by atoms with van der Waals surface area (Å²) in [6.07, 6.45) is 0.257. The molecule has 0 saturated carbocycles. The van der Waals surface area contributed by atoms with E-state index in [1.54, 1.807) is 42.6 Å². The molecule has 4 aromatic rings.